The van der Waals surface area contributed by atoms with Gasteiger partial charge in [-0.3, -0.25) is 0 Å². The molecule has 0 saturated heterocycles. The van der Waals surface area contributed by atoms with Crippen molar-refractivity contribution in [2.75, 3.05) is 0 Å². The van der Waals surface area contributed by atoms with E-state index in [1.807, 2.05) is 48.5 Å². The molecule has 0 unspecified atom stereocenters. The fourth-order valence-electron chi connectivity index (χ4n) is 3.20. The van der Waals surface area contributed by atoms with Gasteiger partial charge in [-0.1, -0.05) is 54.3 Å². The summed E-state index contributed by atoms with van der Waals surface area (Å²) in [5.41, 5.74) is 4.82. The average Bonchev–Trinajstić information content (AvgIpc) is 3.13. The molecule has 0 bridgehead atoms. The molecule has 0 spiro atoms. The molecular formula is C24H21Li3N2O2+2. The molecule has 1 aliphatic rings. The monoisotopic (exact) mass is 390 g/mol. The topological polar surface area (TPSA) is 74.2 Å². The third-order valence-corrected chi connectivity index (χ3v) is 4.54. The maximum atomic E-state index is 11.7. The van der Waals surface area contributed by atoms with Crippen LogP contribution in [0.1, 0.15) is 11.1 Å². The Kier molecular flexibility index (Phi) is 12.7. The third kappa shape index (κ3) is 6.81. The molecule has 0 saturated carbocycles. The van der Waals surface area contributed by atoms with E-state index in [2.05, 4.69) is 16.0 Å². The number of para-hydroxylation sites is 3. The third-order valence-electron chi connectivity index (χ3n) is 4.54. The summed E-state index contributed by atoms with van der Waals surface area (Å²) in [6, 6.07) is 24.3. The number of aromatic nitrogens is 1. The first-order valence-corrected chi connectivity index (χ1v) is 8.76. The summed E-state index contributed by atoms with van der Waals surface area (Å²) >= 11 is 0. The molecule has 1 aromatic heterocycles. The van der Waals surface area contributed by atoms with Crippen LogP contribution in [0.15, 0.2) is 85.1 Å². The Bertz CT molecular complexity index is 1140. The Balaban J connectivity index is 0.000000540. The van der Waals surface area contributed by atoms with Crippen LogP contribution in [-0.2, 0) is 6.42 Å². The zero-order valence-corrected chi connectivity index (χ0v) is 18.6. The summed E-state index contributed by atoms with van der Waals surface area (Å²) in [5.74, 6) is 0.126. The predicted molar refractivity (Wildman–Crippen MR) is 107 cm³/mol. The van der Waals surface area contributed by atoms with Crippen LogP contribution < -0.4 is 76.8 Å². The second-order valence-corrected chi connectivity index (χ2v) is 6.32. The molecule has 0 atom stereocenters. The molecule has 0 radical (unpaired) electrons. The minimum atomic E-state index is 0. The predicted octanol–water partition coefficient (Wildman–Crippen LogP) is -7.29. The van der Waals surface area contributed by atoms with E-state index in [1.165, 1.54) is 5.56 Å². The number of fused-ring (bicyclic) bond motifs is 2. The van der Waals surface area contributed by atoms with Gasteiger partial charge >= 0.3 is 56.6 Å². The molecule has 7 heteroatoms. The first-order valence-electron chi connectivity index (χ1n) is 8.76. The van der Waals surface area contributed by atoms with Gasteiger partial charge in [0.1, 0.15) is 0 Å². The van der Waals surface area contributed by atoms with Gasteiger partial charge in [-0.2, -0.15) is 0 Å². The molecule has 5 rings (SSSR count). The number of benzene rings is 3. The van der Waals surface area contributed by atoms with Crippen LogP contribution in [-0.4, -0.2) is 5.71 Å². The number of rotatable bonds is 1. The molecule has 0 fully saturated rings. The fourth-order valence-corrected chi connectivity index (χ4v) is 3.20. The molecule has 0 aliphatic carbocycles. The summed E-state index contributed by atoms with van der Waals surface area (Å²) in [6.45, 7) is 0. The molecule has 2 heterocycles. The van der Waals surface area contributed by atoms with Crippen LogP contribution in [0, 0.1) is 7.43 Å². The van der Waals surface area contributed by atoms with Gasteiger partial charge in [-0.05, 0) is 23.9 Å². The van der Waals surface area contributed by atoms with Gasteiger partial charge < -0.3 is 17.6 Å². The number of pyridine rings is 1. The van der Waals surface area contributed by atoms with E-state index < -0.39 is 0 Å². The molecule has 1 aliphatic heterocycles. The van der Waals surface area contributed by atoms with Crippen molar-refractivity contribution in [2.45, 2.75) is 6.42 Å². The van der Waals surface area contributed by atoms with Gasteiger partial charge in [0, 0.05) is 28.6 Å². The standard InChI is InChI=1S/C14H11NO.C9H7NO.CH3.3Li/c16-14-8-4-2-6-11(14)13-9-10-5-1-3-7-12(10)15-13;11-8-5-1-3-7-4-2-6-10-9(7)8;;;;/h1-8,16H,9H2;1-6,11H;1H3;;;/q;;-1;3*+1. The normalized spacial score (nSPS) is 10.5. The zero-order valence-electron chi connectivity index (χ0n) is 18.6. The van der Waals surface area contributed by atoms with Gasteiger partial charge in [-0.15, -0.1) is 0 Å². The second-order valence-electron chi connectivity index (χ2n) is 6.32. The van der Waals surface area contributed by atoms with Gasteiger partial charge in [0.2, 0.25) is 11.2 Å². The minimum absolute atomic E-state index is 0. The van der Waals surface area contributed by atoms with Crippen molar-refractivity contribution >= 4 is 22.3 Å². The maximum absolute atomic E-state index is 11.7. The van der Waals surface area contributed by atoms with Crippen LogP contribution in [0.4, 0.5) is 5.69 Å². The molecular weight excluding hydrogens is 369 g/mol. The minimum Gasteiger partial charge on any atom is -0.872 e. The van der Waals surface area contributed by atoms with E-state index in [1.54, 1.807) is 30.5 Å². The summed E-state index contributed by atoms with van der Waals surface area (Å²) in [5, 5.41) is 23.8. The molecule has 0 amide bonds. The van der Waals surface area contributed by atoms with E-state index in [0.717, 1.165) is 28.8 Å². The molecule has 140 valence electrons. The Morgan fingerprint density at radius 1 is 0.677 bits per heavy atom. The van der Waals surface area contributed by atoms with E-state index in [9.17, 15) is 10.2 Å². The number of hydrogen-bond donors (Lipinski definition) is 1. The Morgan fingerprint density at radius 2 is 1.32 bits per heavy atom. The number of aromatic amines is 1. The molecule has 3 aromatic carbocycles. The first kappa shape index (κ1) is 29.1. The Hall–Kier alpha value is -1.87. The van der Waals surface area contributed by atoms with Crippen LogP contribution in [0.5, 0.6) is 11.5 Å². The van der Waals surface area contributed by atoms with Crippen LogP contribution >= 0.6 is 0 Å². The Labute approximate surface area is 219 Å². The second kappa shape index (κ2) is 13.5. The van der Waals surface area contributed by atoms with Gasteiger partial charge in [0.25, 0.3) is 0 Å². The summed E-state index contributed by atoms with van der Waals surface area (Å²) < 4.78 is 0. The summed E-state index contributed by atoms with van der Waals surface area (Å²) in [7, 11) is 0. The van der Waals surface area contributed by atoms with Crippen molar-refractivity contribution in [1.82, 2.24) is 0 Å². The van der Waals surface area contributed by atoms with Crippen molar-refractivity contribution in [1.29, 1.82) is 0 Å². The number of hydrogen-bond acceptors (Lipinski definition) is 2. The fraction of sp³-hybridized carbons (Fsp3) is 0.0417. The zero-order chi connectivity index (χ0) is 18.6. The Morgan fingerprint density at radius 3 is 2.03 bits per heavy atom. The number of nitrogens with one attached hydrogen (secondary N) is 2. The summed E-state index contributed by atoms with van der Waals surface area (Å²) in [4.78, 5) is 6.21. The first-order chi connectivity index (χ1) is 13.2. The van der Waals surface area contributed by atoms with E-state index in [4.69, 9.17) is 0 Å². The van der Waals surface area contributed by atoms with Crippen LogP contribution in [0.2, 0.25) is 0 Å². The van der Waals surface area contributed by atoms with E-state index >= 15 is 0 Å². The van der Waals surface area contributed by atoms with Crippen molar-refractivity contribution in [2.24, 2.45) is 0 Å². The quantitative estimate of drug-likeness (QED) is 0.259. The van der Waals surface area contributed by atoms with Crippen molar-refractivity contribution < 1.29 is 76.8 Å². The molecule has 4 nitrogen and oxygen atoms in total. The smallest absolute Gasteiger partial charge is 0.872 e. The average molecular weight is 390 g/mol. The number of H-pyrrole nitrogens is 1. The van der Waals surface area contributed by atoms with Gasteiger partial charge in [0.15, 0.2) is 11.9 Å². The van der Waals surface area contributed by atoms with Crippen molar-refractivity contribution in [3.8, 4) is 11.5 Å². The van der Waals surface area contributed by atoms with E-state index in [-0.39, 0.29) is 75.5 Å². The van der Waals surface area contributed by atoms with Crippen molar-refractivity contribution in [3.05, 3.63) is 104 Å². The largest absolute Gasteiger partial charge is 1.00 e. The van der Waals surface area contributed by atoms with Gasteiger partial charge in [-0.25, -0.2) is 9.98 Å². The SMILES string of the molecule is [CH3-].[Li+].[Li+].[Li+].[O-]c1cccc2ccc[nH+]c12.[O-]c1ccccc1C1=[NH+]c2ccccc2C1. The molecule has 4 aromatic rings. The maximum Gasteiger partial charge on any atom is 1.00 e. The van der Waals surface area contributed by atoms with Gasteiger partial charge in [0.05, 0.1) is 6.42 Å². The summed E-state index contributed by atoms with van der Waals surface area (Å²) in [6.07, 6.45) is 2.57. The van der Waals surface area contributed by atoms with Crippen LogP contribution in [0.25, 0.3) is 10.9 Å². The molecule has 31 heavy (non-hydrogen) atoms. The van der Waals surface area contributed by atoms with Crippen molar-refractivity contribution in [3.63, 3.8) is 0 Å². The molecule has 2 N–H and O–H groups in total. The van der Waals surface area contributed by atoms with Crippen LogP contribution in [0.3, 0.4) is 0 Å². The van der Waals surface area contributed by atoms with E-state index in [0.29, 0.717) is 5.52 Å².